The second-order valence-electron chi connectivity index (χ2n) is 7.73. The number of carbonyl (C=O) groups excluding carboxylic acids is 2. The van der Waals surface area contributed by atoms with Gasteiger partial charge in [0.1, 0.15) is 17.4 Å². The first kappa shape index (κ1) is 21.5. The molecule has 2 aromatic heterocycles. The minimum atomic E-state index is -0.742. The maximum atomic E-state index is 13.4. The minimum absolute atomic E-state index is 0.165. The van der Waals surface area contributed by atoms with Crippen LogP contribution in [0, 0.1) is 6.92 Å². The fourth-order valence-electron chi connectivity index (χ4n) is 3.73. The van der Waals surface area contributed by atoms with Gasteiger partial charge in [0.25, 0.3) is 5.91 Å². The normalized spacial score (nSPS) is 16.5. The highest BCUT2D eigenvalue weighted by Gasteiger charge is 2.35. The van der Waals surface area contributed by atoms with E-state index in [2.05, 4.69) is 14.9 Å². The monoisotopic (exact) mass is 431 g/mol. The second kappa shape index (κ2) is 9.57. The average Bonchev–Trinajstić information content (AvgIpc) is 2.81. The summed E-state index contributed by atoms with van der Waals surface area (Å²) in [6.07, 6.45) is 3.13. The van der Waals surface area contributed by atoms with Crippen molar-refractivity contribution in [2.45, 2.75) is 19.5 Å². The van der Waals surface area contributed by atoms with E-state index in [1.807, 2.05) is 43.3 Å². The van der Waals surface area contributed by atoms with Crippen LogP contribution in [0.25, 0.3) is 0 Å². The van der Waals surface area contributed by atoms with E-state index in [0.29, 0.717) is 31.9 Å². The van der Waals surface area contributed by atoms with Crippen molar-refractivity contribution in [3.63, 3.8) is 0 Å². The SMILES string of the molecule is Cc1ccc(Oc2ncccc2C(=O)N2CCN(Cc3ccccc3)C[C@H]2C(N)=O)cn1. The molecular formula is C24H25N5O3. The number of nitrogens with zero attached hydrogens (tertiary/aromatic N) is 4. The molecule has 32 heavy (non-hydrogen) atoms. The Morgan fingerprint density at radius 1 is 1.06 bits per heavy atom. The molecule has 0 saturated carbocycles. The molecule has 0 bridgehead atoms. The second-order valence-corrected chi connectivity index (χ2v) is 7.73. The van der Waals surface area contributed by atoms with Crippen LogP contribution in [-0.4, -0.2) is 57.3 Å². The number of aromatic nitrogens is 2. The molecule has 1 aliphatic rings. The third-order valence-electron chi connectivity index (χ3n) is 5.40. The number of amides is 2. The molecule has 8 nitrogen and oxygen atoms in total. The van der Waals surface area contributed by atoms with E-state index >= 15 is 0 Å². The van der Waals surface area contributed by atoms with Gasteiger partial charge in [0, 0.05) is 38.1 Å². The van der Waals surface area contributed by atoms with E-state index in [9.17, 15) is 9.59 Å². The molecular weight excluding hydrogens is 406 g/mol. The minimum Gasteiger partial charge on any atom is -0.437 e. The van der Waals surface area contributed by atoms with Gasteiger partial charge in [0.05, 0.1) is 6.20 Å². The Balaban J connectivity index is 1.52. The molecule has 8 heteroatoms. The summed E-state index contributed by atoms with van der Waals surface area (Å²) < 4.78 is 5.82. The van der Waals surface area contributed by atoms with Crippen molar-refractivity contribution in [1.82, 2.24) is 19.8 Å². The first-order valence-corrected chi connectivity index (χ1v) is 10.4. The lowest BCUT2D eigenvalue weighted by Gasteiger charge is -2.40. The summed E-state index contributed by atoms with van der Waals surface area (Å²) >= 11 is 0. The number of aryl methyl sites for hydroxylation is 1. The molecule has 164 valence electrons. The standard InChI is InChI=1S/C24H25N5O3/c1-17-9-10-19(14-27-17)32-23-20(8-5-11-26-23)24(31)29-13-12-28(16-21(29)22(25)30)15-18-6-3-2-4-7-18/h2-11,14,21H,12-13,15-16H2,1H3,(H2,25,30)/t21-/m0/s1. The largest absolute Gasteiger partial charge is 0.437 e. The Labute approximate surface area is 186 Å². The number of carbonyl (C=O) groups is 2. The lowest BCUT2D eigenvalue weighted by Crippen LogP contribution is -2.59. The highest BCUT2D eigenvalue weighted by Crippen LogP contribution is 2.25. The summed E-state index contributed by atoms with van der Waals surface area (Å²) in [5.41, 5.74) is 7.96. The fraction of sp³-hybridized carbons (Fsp3) is 0.250. The summed E-state index contributed by atoms with van der Waals surface area (Å²) in [5.74, 6) is -0.234. The van der Waals surface area contributed by atoms with Crippen LogP contribution < -0.4 is 10.5 Å². The van der Waals surface area contributed by atoms with Gasteiger partial charge in [0.15, 0.2) is 0 Å². The van der Waals surface area contributed by atoms with Crippen molar-refractivity contribution in [3.8, 4) is 11.6 Å². The molecule has 4 rings (SSSR count). The molecule has 1 aliphatic heterocycles. The molecule has 0 aliphatic carbocycles. The van der Waals surface area contributed by atoms with Gasteiger partial charge >= 0.3 is 0 Å². The van der Waals surface area contributed by atoms with Gasteiger partial charge in [-0.25, -0.2) is 4.98 Å². The average molecular weight is 431 g/mol. The molecule has 2 amide bonds. The van der Waals surface area contributed by atoms with E-state index in [1.165, 1.54) is 4.90 Å². The lowest BCUT2D eigenvalue weighted by molar-refractivity contribution is -0.124. The summed E-state index contributed by atoms with van der Waals surface area (Å²) in [6, 6.07) is 16.1. The van der Waals surface area contributed by atoms with Gasteiger partial charge in [0.2, 0.25) is 11.8 Å². The van der Waals surface area contributed by atoms with E-state index < -0.39 is 11.9 Å². The molecule has 1 saturated heterocycles. The fourth-order valence-corrected chi connectivity index (χ4v) is 3.73. The summed E-state index contributed by atoms with van der Waals surface area (Å²) in [6.45, 7) is 3.94. The van der Waals surface area contributed by atoms with Crippen LogP contribution in [0.2, 0.25) is 0 Å². The maximum absolute atomic E-state index is 13.4. The Hall–Kier alpha value is -3.78. The predicted octanol–water partition coefficient (Wildman–Crippen LogP) is 2.39. The Bertz CT molecular complexity index is 1090. The first-order valence-electron chi connectivity index (χ1n) is 10.4. The first-order chi connectivity index (χ1) is 15.5. The molecule has 3 aromatic rings. The number of benzene rings is 1. The number of pyridine rings is 2. The number of nitrogens with two attached hydrogens (primary N) is 1. The van der Waals surface area contributed by atoms with Gasteiger partial charge in [-0.2, -0.15) is 0 Å². The number of hydrogen-bond acceptors (Lipinski definition) is 6. The van der Waals surface area contributed by atoms with Gasteiger partial charge in [-0.1, -0.05) is 30.3 Å². The number of hydrogen-bond donors (Lipinski definition) is 1. The van der Waals surface area contributed by atoms with Crippen LogP contribution in [0.5, 0.6) is 11.6 Å². The molecule has 0 unspecified atom stereocenters. The Morgan fingerprint density at radius 2 is 1.88 bits per heavy atom. The Morgan fingerprint density at radius 3 is 2.59 bits per heavy atom. The van der Waals surface area contributed by atoms with Crippen LogP contribution in [0.4, 0.5) is 0 Å². The summed E-state index contributed by atoms with van der Waals surface area (Å²) in [7, 11) is 0. The lowest BCUT2D eigenvalue weighted by atomic mass is 10.1. The van der Waals surface area contributed by atoms with Gasteiger partial charge < -0.3 is 15.4 Å². The maximum Gasteiger partial charge on any atom is 0.260 e. The van der Waals surface area contributed by atoms with Gasteiger partial charge in [-0.3, -0.25) is 19.5 Å². The highest BCUT2D eigenvalue weighted by molar-refractivity contribution is 5.99. The summed E-state index contributed by atoms with van der Waals surface area (Å²) in [5, 5.41) is 0. The smallest absolute Gasteiger partial charge is 0.260 e. The number of rotatable bonds is 6. The highest BCUT2D eigenvalue weighted by atomic mass is 16.5. The third-order valence-corrected chi connectivity index (χ3v) is 5.40. The topological polar surface area (TPSA) is 102 Å². The van der Waals surface area contributed by atoms with Crippen molar-refractivity contribution < 1.29 is 14.3 Å². The van der Waals surface area contributed by atoms with Crippen molar-refractivity contribution in [2.24, 2.45) is 5.73 Å². The molecule has 1 atom stereocenters. The van der Waals surface area contributed by atoms with Crippen molar-refractivity contribution >= 4 is 11.8 Å². The zero-order valence-electron chi connectivity index (χ0n) is 17.8. The van der Waals surface area contributed by atoms with E-state index in [4.69, 9.17) is 10.5 Å². The number of piperazine rings is 1. The van der Waals surface area contributed by atoms with Crippen LogP contribution in [-0.2, 0) is 11.3 Å². The quantitative estimate of drug-likeness (QED) is 0.643. The van der Waals surface area contributed by atoms with E-state index in [0.717, 1.165) is 11.3 Å². The van der Waals surface area contributed by atoms with Crippen LogP contribution in [0.15, 0.2) is 67.0 Å². The molecule has 0 radical (unpaired) electrons. The molecule has 0 spiro atoms. The Kier molecular flexibility index (Phi) is 6.42. The number of ether oxygens (including phenoxy) is 1. The van der Waals surface area contributed by atoms with E-state index in [1.54, 1.807) is 30.6 Å². The van der Waals surface area contributed by atoms with Gasteiger partial charge in [-0.15, -0.1) is 0 Å². The van der Waals surface area contributed by atoms with Gasteiger partial charge in [-0.05, 0) is 36.8 Å². The van der Waals surface area contributed by atoms with Crippen LogP contribution in [0.3, 0.4) is 0 Å². The van der Waals surface area contributed by atoms with E-state index in [-0.39, 0.29) is 17.4 Å². The zero-order valence-corrected chi connectivity index (χ0v) is 17.8. The molecule has 2 N–H and O–H groups in total. The van der Waals surface area contributed by atoms with Crippen molar-refractivity contribution in [3.05, 3.63) is 83.8 Å². The predicted molar refractivity (Wildman–Crippen MR) is 119 cm³/mol. The summed E-state index contributed by atoms with van der Waals surface area (Å²) in [4.78, 5) is 37.7. The molecule has 1 fully saturated rings. The number of primary amides is 1. The molecule has 1 aromatic carbocycles. The van der Waals surface area contributed by atoms with Crippen LogP contribution >= 0.6 is 0 Å². The molecule has 3 heterocycles. The van der Waals surface area contributed by atoms with Crippen LogP contribution in [0.1, 0.15) is 21.6 Å². The zero-order chi connectivity index (χ0) is 22.5. The van der Waals surface area contributed by atoms with Crippen molar-refractivity contribution in [1.29, 1.82) is 0 Å². The third kappa shape index (κ3) is 4.92. The van der Waals surface area contributed by atoms with Crippen molar-refractivity contribution in [2.75, 3.05) is 19.6 Å².